The van der Waals surface area contributed by atoms with Crippen LogP contribution in [0.5, 0.6) is 0 Å². The molecule has 1 aliphatic rings. The van der Waals surface area contributed by atoms with Gasteiger partial charge in [-0.05, 0) is 40.0 Å². The van der Waals surface area contributed by atoms with Crippen LogP contribution in [-0.2, 0) is 29.0 Å². The number of aryl methyl sites for hydroxylation is 1. The summed E-state index contributed by atoms with van der Waals surface area (Å²) in [6, 6.07) is -0.368. The van der Waals surface area contributed by atoms with Gasteiger partial charge in [-0.25, -0.2) is 8.42 Å². The Morgan fingerprint density at radius 1 is 1.17 bits per heavy atom. The van der Waals surface area contributed by atoms with Crippen molar-refractivity contribution in [1.29, 1.82) is 0 Å². The maximum atomic E-state index is 13.6. The van der Waals surface area contributed by atoms with Gasteiger partial charge in [0.15, 0.2) is 5.82 Å². The molecule has 4 atom stereocenters. The fourth-order valence-electron chi connectivity index (χ4n) is 4.17. The second-order valence-electron chi connectivity index (χ2n) is 9.06. The van der Waals surface area contributed by atoms with Gasteiger partial charge in [-0.2, -0.15) is 0 Å². The topological polar surface area (TPSA) is 140 Å². The summed E-state index contributed by atoms with van der Waals surface area (Å²) < 4.78 is 54.3. The van der Waals surface area contributed by atoms with Crippen LogP contribution < -0.4 is 4.72 Å². The first kappa shape index (κ1) is 28.4. The fraction of sp³-hybridized carbons (Fsp3) is 0.739. The third-order valence-electron chi connectivity index (χ3n) is 6.07. The summed E-state index contributed by atoms with van der Waals surface area (Å²) in [6.07, 6.45) is 4.46. The van der Waals surface area contributed by atoms with Crippen molar-refractivity contribution in [3.63, 3.8) is 0 Å². The van der Waals surface area contributed by atoms with E-state index in [0.717, 1.165) is 25.0 Å². The van der Waals surface area contributed by atoms with Crippen molar-refractivity contribution in [2.24, 2.45) is 0 Å². The molecule has 3 rings (SSSR count). The zero-order chi connectivity index (χ0) is 26.3. The largest absolute Gasteiger partial charge is 0.382 e. The molecule has 0 spiro atoms. The van der Waals surface area contributed by atoms with Crippen LogP contribution in [0.15, 0.2) is 12.4 Å². The quantitative estimate of drug-likeness (QED) is 0.391. The molecule has 0 bridgehead atoms. The van der Waals surface area contributed by atoms with Crippen LogP contribution in [0.1, 0.15) is 75.5 Å². The molecule has 1 N–H and O–H groups in total. The van der Waals surface area contributed by atoms with Gasteiger partial charge >= 0.3 is 0 Å². The van der Waals surface area contributed by atoms with Crippen LogP contribution >= 0.6 is 0 Å². The summed E-state index contributed by atoms with van der Waals surface area (Å²) in [6.45, 7) is 8.27. The summed E-state index contributed by atoms with van der Waals surface area (Å²) >= 11 is 0. The Balaban J connectivity index is 1.95. The molecule has 202 valence electrons. The molecular weight excluding hydrogens is 488 g/mol. The van der Waals surface area contributed by atoms with Crippen molar-refractivity contribution in [2.45, 2.75) is 76.6 Å². The first-order chi connectivity index (χ1) is 17.2. The highest BCUT2D eigenvalue weighted by Gasteiger charge is 2.36. The number of nitrogens with one attached hydrogen (secondary N) is 1. The average Bonchev–Trinajstić information content (AvgIpc) is 3.45. The second kappa shape index (κ2) is 12.9. The Morgan fingerprint density at radius 2 is 1.89 bits per heavy atom. The lowest BCUT2D eigenvalue weighted by Gasteiger charge is -2.26. The number of methoxy groups -OCH3 is 2. The van der Waals surface area contributed by atoms with E-state index in [1.165, 1.54) is 0 Å². The van der Waals surface area contributed by atoms with Crippen LogP contribution in [-0.4, -0.2) is 78.5 Å². The van der Waals surface area contributed by atoms with Crippen molar-refractivity contribution >= 4 is 16.0 Å². The molecule has 0 aromatic carbocycles. The minimum atomic E-state index is -4.00. The number of ether oxygens (including phenoxy) is 4. The predicted molar refractivity (Wildman–Crippen MR) is 133 cm³/mol. The number of sulfonamides is 1. The lowest BCUT2D eigenvalue weighted by molar-refractivity contribution is 0.0406. The van der Waals surface area contributed by atoms with E-state index >= 15 is 0 Å². The Labute approximate surface area is 213 Å². The van der Waals surface area contributed by atoms with Gasteiger partial charge in [0.1, 0.15) is 17.5 Å². The molecule has 36 heavy (non-hydrogen) atoms. The monoisotopic (exact) mass is 526 g/mol. The molecule has 2 aromatic rings. The molecule has 13 heteroatoms. The van der Waals surface area contributed by atoms with E-state index in [-0.39, 0.29) is 37.4 Å². The summed E-state index contributed by atoms with van der Waals surface area (Å²) in [5.74, 6) is 0.607. The smallest absolute Gasteiger partial charge is 0.240 e. The van der Waals surface area contributed by atoms with Crippen LogP contribution in [0.2, 0.25) is 0 Å². The first-order valence-electron chi connectivity index (χ1n) is 12.2. The third-order valence-corrected chi connectivity index (χ3v) is 7.76. The number of nitrogens with zero attached hydrogens (tertiary/aromatic N) is 5. The molecule has 12 nitrogen and oxygen atoms in total. The molecule has 1 aliphatic heterocycles. The maximum absolute atomic E-state index is 13.6. The standard InChI is InChI=1S/C23H38N6O6S/c1-7-10-34-21(19-12-24-15(2)11-25-19)17(4)36(30,31)28-23-27-26-22(20-9-8-16(3)35-20)29(23)18(13-32-5)14-33-6/h11-12,16-18,20-21H,7-10,13-14H2,1-6H3,(H,27,28)/t16-,17-,20-,21+/m0/s1. The van der Waals surface area contributed by atoms with Crippen molar-refractivity contribution in [3.8, 4) is 0 Å². The van der Waals surface area contributed by atoms with E-state index in [4.69, 9.17) is 18.9 Å². The molecule has 0 unspecified atom stereocenters. The van der Waals surface area contributed by atoms with Crippen molar-refractivity contribution in [3.05, 3.63) is 29.6 Å². The lowest BCUT2D eigenvalue weighted by atomic mass is 10.2. The summed E-state index contributed by atoms with van der Waals surface area (Å²) in [5.41, 5.74) is 1.17. The molecule has 0 radical (unpaired) electrons. The minimum Gasteiger partial charge on any atom is -0.382 e. The molecular formula is C23H38N6O6S. The van der Waals surface area contributed by atoms with Gasteiger partial charge in [-0.3, -0.25) is 19.3 Å². The van der Waals surface area contributed by atoms with E-state index in [2.05, 4.69) is 24.9 Å². The van der Waals surface area contributed by atoms with Crippen LogP contribution in [0.25, 0.3) is 0 Å². The highest BCUT2D eigenvalue weighted by atomic mass is 32.2. The highest BCUT2D eigenvalue weighted by molar-refractivity contribution is 7.93. The maximum Gasteiger partial charge on any atom is 0.240 e. The Bertz CT molecular complexity index is 1060. The van der Waals surface area contributed by atoms with E-state index in [1.54, 1.807) is 38.1 Å². The van der Waals surface area contributed by atoms with Crippen molar-refractivity contribution in [1.82, 2.24) is 24.7 Å². The molecule has 1 saturated heterocycles. The summed E-state index contributed by atoms with van der Waals surface area (Å²) in [4.78, 5) is 8.63. The highest BCUT2D eigenvalue weighted by Crippen LogP contribution is 2.35. The Kier molecular flexibility index (Phi) is 10.1. The first-order valence-corrected chi connectivity index (χ1v) is 13.8. The number of hydrogen-bond donors (Lipinski definition) is 1. The van der Waals surface area contributed by atoms with Gasteiger partial charge in [0.05, 0.1) is 42.9 Å². The Morgan fingerprint density at radius 3 is 2.44 bits per heavy atom. The lowest BCUT2D eigenvalue weighted by Crippen LogP contribution is -2.34. The van der Waals surface area contributed by atoms with Crippen LogP contribution in [0.4, 0.5) is 5.95 Å². The SMILES string of the molecule is CCCO[C@@H](c1cnc(C)cn1)[C@H](C)S(=O)(=O)Nc1nnc([C@@H]2CC[C@H](C)O2)n1C(COC)COC. The molecule has 0 aliphatic carbocycles. The van der Waals surface area contributed by atoms with E-state index in [1.807, 2.05) is 20.8 Å². The molecule has 0 saturated carbocycles. The number of anilines is 1. The van der Waals surface area contributed by atoms with Gasteiger partial charge in [-0.15, -0.1) is 10.2 Å². The van der Waals surface area contributed by atoms with Crippen molar-refractivity contribution < 1.29 is 27.4 Å². The van der Waals surface area contributed by atoms with Crippen LogP contribution in [0, 0.1) is 6.92 Å². The van der Waals surface area contributed by atoms with Gasteiger partial charge in [0, 0.05) is 27.0 Å². The van der Waals surface area contributed by atoms with Crippen LogP contribution in [0.3, 0.4) is 0 Å². The average molecular weight is 527 g/mol. The third kappa shape index (κ3) is 6.76. The molecule has 2 aromatic heterocycles. The van der Waals surface area contributed by atoms with E-state index in [0.29, 0.717) is 18.1 Å². The van der Waals surface area contributed by atoms with E-state index in [9.17, 15) is 8.42 Å². The van der Waals surface area contributed by atoms with Gasteiger partial charge < -0.3 is 18.9 Å². The summed E-state index contributed by atoms with van der Waals surface area (Å²) in [5, 5.41) is 7.53. The fourth-order valence-corrected chi connectivity index (χ4v) is 5.29. The predicted octanol–water partition coefficient (Wildman–Crippen LogP) is 2.75. The minimum absolute atomic E-state index is 0.0725. The summed E-state index contributed by atoms with van der Waals surface area (Å²) in [7, 11) is -0.848. The zero-order valence-electron chi connectivity index (χ0n) is 21.9. The second-order valence-corrected chi connectivity index (χ2v) is 11.1. The Hall–Kier alpha value is -2.19. The number of hydrogen-bond acceptors (Lipinski definition) is 10. The number of rotatable bonds is 14. The number of aromatic nitrogens is 5. The van der Waals surface area contributed by atoms with Gasteiger partial charge in [0.2, 0.25) is 16.0 Å². The molecule has 0 amide bonds. The normalized spacial score (nSPS) is 20.1. The molecule has 1 fully saturated rings. The van der Waals surface area contributed by atoms with Crippen molar-refractivity contribution in [2.75, 3.05) is 38.8 Å². The van der Waals surface area contributed by atoms with Gasteiger partial charge in [-0.1, -0.05) is 6.92 Å². The zero-order valence-corrected chi connectivity index (χ0v) is 22.7. The van der Waals surface area contributed by atoms with E-state index < -0.39 is 21.4 Å². The molecule has 3 heterocycles. The van der Waals surface area contributed by atoms with Gasteiger partial charge in [0.25, 0.3) is 0 Å².